The lowest BCUT2D eigenvalue weighted by Crippen LogP contribution is -2.45. The number of nitrogens with two attached hydrogens (primary N) is 1. The van der Waals surface area contributed by atoms with Crippen LogP contribution in [-0.2, 0) is 0 Å². The van der Waals surface area contributed by atoms with E-state index in [2.05, 4.69) is 44.9 Å². The van der Waals surface area contributed by atoms with Gasteiger partial charge in [-0.3, -0.25) is 4.99 Å². The number of aliphatic imine (C=N–C) groups is 1. The van der Waals surface area contributed by atoms with E-state index >= 15 is 0 Å². The standard InChI is InChI=1S/C13H29N3O/c1-10(2)8-11(6-7-17)9-15-12(14)16-13(3,4)5/h10-11,17H,6-9H2,1-5H3,(H3,14,15,16). The fourth-order valence-electron chi connectivity index (χ4n) is 1.78. The molecule has 0 aliphatic heterocycles. The average Bonchev–Trinajstić information content (AvgIpc) is 2.11. The van der Waals surface area contributed by atoms with Crippen LogP contribution in [-0.4, -0.2) is 29.8 Å². The summed E-state index contributed by atoms with van der Waals surface area (Å²) in [6, 6.07) is 0. The average molecular weight is 243 g/mol. The lowest BCUT2D eigenvalue weighted by Gasteiger charge is -2.22. The van der Waals surface area contributed by atoms with Crippen LogP contribution in [0.1, 0.15) is 47.5 Å². The second-order valence-electron chi connectivity index (χ2n) is 6.11. The highest BCUT2D eigenvalue weighted by Crippen LogP contribution is 2.15. The van der Waals surface area contributed by atoms with Crippen LogP contribution in [0.4, 0.5) is 0 Å². The van der Waals surface area contributed by atoms with Crippen LogP contribution in [0.2, 0.25) is 0 Å². The zero-order valence-electron chi connectivity index (χ0n) is 12.0. The summed E-state index contributed by atoms with van der Waals surface area (Å²) in [6.45, 7) is 11.4. The van der Waals surface area contributed by atoms with Crippen molar-refractivity contribution in [2.24, 2.45) is 22.6 Å². The molecular formula is C13H29N3O. The molecule has 0 saturated heterocycles. The summed E-state index contributed by atoms with van der Waals surface area (Å²) >= 11 is 0. The Morgan fingerprint density at radius 3 is 2.35 bits per heavy atom. The first-order valence-corrected chi connectivity index (χ1v) is 6.43. The quantitative estimate of drug-likeness (QED) is 0.491. The molecular weight excluding hydrogens is 214 g/mol. The van der Waals surface area contributed by atoms with Crippen LogP contribution >= 0.6 is 0 Å². The minimum Gasteiger partial charge on any atom is -0.396 e. The zero-order chi connectivity index (χ0) is 13.5. The molecule has 0 bridgehead atoms. The topological polar surface area (TPSA) is 70.6 Å². The van der Waals surface area contributed by atoms with Crippen molar-refractivity contribution in [1.29, 1.82) is 0 Å². The molecule has 0 fully saturated rings. The van der Waals surface area contributed by atoms with Gasteiger partial charge in [-0.1, -0.05) is 13.8 Å². The van der Waals surface area contributed by atoms with Gasteiger partial charge < -0.3 is 16.2 Å². The molecule has 0 aliphatic rings. The van der Waals surface area contributed by atoms with Gasteiger partial charge in [-0.05, 0) is 45.4 Å². The number of nitrogens with one attached hydrogen (secondary N) is 1. The molecule has 17 heavy (non-hydrogen) atoms. The minimum atomic E-state index is -0.0574. The summed E-state index contributed by atoms with van der Waals surface area (Å²) in [5.74, 6) is 1.53. The second-order valence-corrected chi connectivity index (χ2v) is 6.11. The Morgan fingerprint density at radius 1 is 1.35 bits per heavy atom. The van der Waals surface area contributed by atoms with E-state index in [0.717, 1.165) is 12.8 Å². The van der Waals surface area contributed by atoms with Crippen LogP contribution in [0, 0.1) is 11.8 Å². The highest BCUT2D eigenvalue weighted by Gasteiger charge is 2.12. The molecule has 4 heteroatoms. The number of rotatable bonds is 6. The van der Waals surface area contributed by atoms with Crippen LogP contribution in [0.25, 0.3) is 0 Å². The van der Waals surface area contributed by atoms with Crippen molar-refractivity contribution >= 4 is 5.96 Å². The van der Waals surface area contributed by atoms with Crippen molar-refractivity contribution < 1.29 is 5.11 Å². The van der Waals surface area contributed by atoms with Crippen molar-refractivity contribution in [2.75, 3.05) is 13.2 Å². The van der Waals surface area contributed by atoms with Crippen LogP contribution < -0.4 is 11.1 Å². The number of hydrogen-bond acceptors (Lipinski definition) is 2. The van der Waals surface area contributed by atoms with E-state index in [1.54, 1.807) is 0 Å². The van der Waals surface area contributed by atoms with Crippen molar-refractivity contribution in [3.63, 3.8) is 0 Å². The molecule has 102 valence electrons. The van der Waals surface area contributed by atoms with Crippen LogP contribution in [0.5, 0.6) is 0 Å². The largest absolute Gasteiger partial charge is 0.396 e. The lowest BCUT2D eigenvalue weighted by atomic mass is 9.94. The zero-order valence-corrected chi connectivity index (χ0v) is 12.0. The summed E-state index contributed by atoms with van der Waals surface area (Å²) in [5.41, 5.74) is 5.75. The molecule has 4 N–H and O–H groups in total. The Morgan fingerprint density at radius 2 is 1.94 bits per heavy atom. The van der Waals surface area contributed by atoms with Crippen LogP contribution in [0.15, 0.2) is 4.99 Å². The summed E-state index contributed by atoms with van der Waals surface area (Å²) in [5, 5.41) is 12.1. The maximum Gasteiger partial charge on any atom is 0.188 e. The first-order chi connectivity index (χ1) is 7.74. The second kappa shape index (κ2) is 7.54. The smallest absolute Gasteiger partial charge is 0.188 e. The molecule has 1 unspecified atom stereocenters. The molecule has 0 amide bonds. The van der Waals surface area contributed by atoms with E-state index in [9.17, 15) is 0 Å². The van der Waals surface area contributed by atoms with Crippen LogP contribution in [0.3, 0.4) is 0 Å². The lowest BCUT2D eigenvalue weighted by molar-refractivity contribution is 0.245. The van der Waals surface area contributed by atoms with Crippen molar-refractivity contribution in [3.05, 3.63) is 0 Å². The van der Waals surface area contributed by atoms with Crippen molar-refractivity contribution in [1.82, 2.24) is 5.32 Å². The van der Waals surface area contributed by atoms with Gasteiger partial charge in [-0.25, -0.2) is 0 Å². The molecule has 0 spiro atoms. The first-order valence-electron chi connectivity index (χ1n) is 6.43. The summed E-state index contributed by atoms with van der Waals surface area (Å²) in [7, 11) is 0. The Bertz CT molecular complexity index is 231. The van der Waals surface area contributed by atoms with E-state index in [4.69, 9.17) is 10.8 Å². The van der Waals surface area contributed by atoms with E-state index < -0.39 is 0 Å². The fourth-order valence-corrected chi connectivity index (χ4v) is 1.78. The minimum absolute atomic E-state index is 0.0574. The van der Waals surface area contributed by atoms with Gasteiger partial charge in [0.15, 0.2) is 5.96 Å². The number of aliphatic hydroxyl groups is 1. The molecule has 0 rings (SSSR count). The summed E-state index contributed by atoms with van der Waals surface area (Å²) in [6.07, 6.45) is 1.87. The van der Waals surface area contributed by atoms with E-state index in [-0.39, 0.29) is 12.1 Å². The molecule has 0 aromatic heterocycles. The maximum absolute atomic E-state index is 9.01. The third kappa shape index (κ3) is 10.1. The van der Waals surface area contributed by atoms with Gasteiger partial charge in [0.05, 0.1) is 0 Å². The Hall–Kier alpha value is -0.770. The van der Waals surface area contributed by atoms with Gasteiger partial charge in [-0.15, -0.1) is 0 Å². The molecule has 0 heterocycles. The number of hydrogen-bond donors (Lipinski definition) is 3. The molecule has 0 saturated carbocycles. The van der Waals surface area contributed by atoms with E-state index in [1.807, 2.05) is 0 Å². The molecule has 0 aromatic rings. The normalized spacial score (nSPS) is 15.1. The monoisotopic (exact) mass is 243 g/mol. The predicted molar refractivity (Wildman–Crippen MR) is 74.0 cm³/mol. The first kappa shape index (κ1) is 16.2. The molecule has 1 atom stereocenters. The predicted octanol–water partition coefficient (Wildman–Crippen LogP) is 1.73. The number of nitrogens with zero attached hydrogens (tertiary/aromatic N) is 1. The summed E-state index contributed by atoms with van der Waals surface area (Å²) < 4.78 is 0. The SMILES string of the molecule is CC(C)CC(CCO)CN=C(N)NC(C)(C)C. The van der Waals surface area contributed by atoms with Crippen molar-refractivity contribution in [3.8, 4) is 0 Å². The molecule has 0 aromatic carbocycles. The van der Waals surface area contributed by atoms with Gasteiger partial charge in [0.1, 0.15) is 0 Å². The highest BCUT2D eigenvalue weighted by molar-refractivity contribution is 5.78. The van der Waals surface area contributed by atoms with E-state index in [0.29, 0.717) is 24.3 Å². The molecule has 0 aliphatic carbocycles. The number of guanidine groups is 1. The summed E-state index contributed by atoms with van der Waals surface area (Å²) in [4.78, 5) is 4.35. The van der Waals surface area contributed by atoms with Gasteiger partial charge in [0, 0.05) is 18.7 Å². The van der Waals surface area contributed by atoms with Gasteiger partial charge in [0.25, 0.3) is 0 Å². The Kier molecular flexibility index (Phi) is 7.19. The Labute approximate surface area is 106 Å². The fraction of sp³-hybridized carbons (Fsp3) is 0.923. The van der Waals surface area contributed by atoms with Crippen molar-refractivity contribution in [2.45, 2.75) is 53.0 Å². The van der Waals surface area contributed by atoms with Gasteiger partial charge in [-0.2, -0.15) is 0 Å². The molecule has 0 radical (unpaired) electrons. The maximum atomic E-state index is 9.01. The highest BCUT2D eigenvalue weighted by atomic mass is 16.3. The van der Waals surface area contributed by atoms with E-state index in [1.165, 1.54) is 0 Å². The molecule has 4 nitrogen and oxygen atoms in total. The van der Waals surface area contributed by atoms with Gasteiger partial charge >= 0.3 is 0 Å². The van der Waals surface area contributed by atoms with Gasteiger partial charge in [0.2, 0.25) is 0 Å². The number of aliphatic hydroxyl groups excluding tert-OH is 1. The Balaban J connectivity index is 4.21. The third-order valence-corrected chi connectivity index (χ3v) is 2.36. The third-order valence-electron chi connectivity index (χ3n) is 2.36.